The number of carboxylic acid groups (broad SMARTS) is 10. The van der Waals surface area contributed by atoms with Gasteiger partial charge in [0.25, 0.3) is 0 Å². The molecule has 0 aromatic carbocycles. The van der Waals surface area contributed by atoms with Crippen LogP contribution in [0.3, 0.4) is 0 Å². The minimum atomic E-state index is -2.19. The number of carboxylic acids is 10. The molecule has 0 radical (unpaired) electrons. The van der Waals surface area contributed by atoms with Gasteiger partial charge in [-0.05, 0) is 0 Å². The zero-order valence-corrected chi connectivity index (χ0v) is 28.0. The molecule has 0 aliphatic heterocycles. The van der Waals surface area contributed by atoms with E-state index in [-0.39, 0.29) is 144 Å². The summed E-state index contributed by atoms with van der Waals surface area (Å²) in [4.78, 5) is 89.3. The summed E-state index contributed by atoms with van der Waals surface area (Å²) in [7, 11) is 0. The first-order valence-corrected chi connectivity index (χ1v) is 5.33. The van der Waals surface area contributed by atoms with Crippen LogP contribution < -0.4 is 75.7 Å². The summed E-state index contributed by atoms with van der Waals surface area (Å²) in [5.74, 6) is -21.9. The van der Waals surface area contributed by atoms with Crippen molar-refractivity contribution in [1.29, 1.82) is 0 Å². The molecule has 0 heterocycles. The van der Waals surface area contributed by atoms with Crippen LogP contribution in [0.4, 0.5) is 0 Å². The molecule has 0 saturated heterocycles. The van der Waals surface area contributed by atoms with E-state index >= 15 is 0 Å². The van der Waals surface area contributed by atoms with E-state index in [1.165, 1.54) is 0 Å². The number of carbonyl (C=O) groups is 10. The second kappa shape index (κ2) is 83.5. The summed E-state index contributed by atoms with van der Waals surface area (Å²) in [6.45, 7) is 0. The number of aliphatic carboxylic acids is 10. The molecule has 0 bridgehead atoms. The van der Waals surface area contributed by atoms with E-state index in [9.17, 15) is 0 Å². The molecule has 0 atom stereocenters. The van der Waals surface area contributed by atoms with Crippen LogP contribution >= 0.6 is 0 Å². The first kappa shape index (κ1) is 135. The summed E-state index contributed by atoms with van der Waals surface area (Å²) in [6, 6.07) is 0. The van der Waals surface area contributed by atoms with E-state index in [1.54, 1.807) is 0 Å². The Kier molecular flexibility index (Phi) is 257. The Balaban J connectivity index is -0.00000000967. The maximum atomic E-state index is 8.93. The van der Waals surface area contributed by atoms with Gasteiger partial charge in [-0.25, -0.2) is 0 Å². The maximum Gasteiger partial charge on any atom is 4.00 e. The summed E-state index contributed by atoms with van der Waals surface area (Å²) >= 11 is 0. The fourth-order valence-corrected chi connectivity index (χ4v) is 0. The van der Waals surface area contributed by atoms with Crippen molar-refractivity contribution in [2.75, 3.05) is 0 Å². The van der Waals surface area contributed by atoms with Crippen molar-refractivity contribution in [3.8, 4) is 0 Å². The van der Waals surface area contributed by atoms with Crippen molar-refractivity contribution in [3.63, 3.8) is 0 Å². The molecule has 0 amide bonds. The Morgan fingerprint density at radius 2 is 0.250 bits per heavy atom. The molecule has 0 aromatic rings. The van der Waals surface area contributed by atoms with Crippen molar-refractivity contribution in [2.24, 2.45) is 0 Å². The van der Waals surface area contributed by atoms with Crippen LogP contribution in [0.5, 0.6) is 0 Å². The van der Waals surface area contributed by atoms with Gasteiger partial charge in [-0.15, -0.1) is 0 Å². The van der Waals surface area contributed by atoms with E-state index in [1.807, 2.05) is 0 Å². The van der Waals surface area contributed by atoms with Crippen molar-refractivity contribution >= 4 is 59.7 Å². The number of rotatable bonds is 0. The molecule has 0 aromatic heterocycles. The SMILES string of the molecule is O.O=C([O-])C(=O)[O-].O=C([O-])C(=O)[O-].O=C([O-])C(=O)[O-].O=C([O-])C(=O)[O-].O=C([O-])C(=O)[O-].[NH4+].[NH4+].[NH4+].[NH4+].[O-2].[O-2].[O-2].[O-2].[O-2].[Ti+4].[Ti+4].[Ti+4].[Ti+4]. The van der Waals surface area contributed by atoms with Crippen LogP contribution in [0.15, 0.2) is 0 Å². The molecule has 34 heteroatoms. The van der Waals surface area contributed by atoms with Crippen LogP contribution in [0, 0.1) is 0 Å². The van der Waals surface area contributed by atoms with E-state index < -0.39 is 59.7 Å². The molecular formula is C10H18N4O26Ti4. The van der Waals surface area contributed by atoms with Crippen LogP contribution in [-0.2, 0) is 162 Å². The Labute approximate surface area is 301 Å². The second-order valence-corrected chi connectivity index (χ2v) is 2.87. The minimum absolute atomic E-state index is 0. The molecule has 0 aliphatic carbocycles. The van der Waals surface area contributed by atoms with Gasteiger partial charge in [0.05, 0.1) is 59.7 Å². The van der Waals surface area contributed by atoms with Gasteiger partial charge < -0.3 is 156 Å². The van der Waals surface area contributed by atoms with Crippen LogP contribution in [0.25, 0.3) is 0 Å². The molecule has 0 rings (SSSR count). The third-order valence-corrected chi connectivity index (χ3v) is 0.833. The maximum absolute atomic E-state index is 8.93. The van der Waals surface area contributed by atoms with Gasteiger partial charge in [-0.3, -0.25) is 0 Å². The van der Waals surface area contributed by atoms with Gasteiger partial charge >= 0.3 is 86.9 Å². The van der Waals surface area contributed by atoms with Gasteiger partial charge in [0.1, 0.15) is 0 Å². The topological polar surface area (TPSA) is 721 Å². The fraction of sp³-hybridized carbons (Fsp3) is 0. The number of hydrogen-bond donors (Lipinski definition) is 4. The van der Waals surface area contributed by atoms with Crippen molar-refractivity contribution in [3.05, 3.63) is 0 Å². The standard InChI is InChI=1S/5C2H2O4.4H3N.H2O.5O.4Ti/c5*3-1(4)2(5)6;;;;;;;;;;;;;;/h5*(H,3,4)(H,5,6);4*1H3;1H2;;;;;;;;;/q;;;;;;;;;;5*-2;4*+4/p-6. The second-order valence-electron chi connectivity index (χ2n) is 2.87. The van der Waals surface area contributed by atoms with Crippen molar-refractivity contribution in [1.82, 2.24) is 24.6 Å². The Morgan fingerprint density at radius 3 is 0.250 bits per heavy atom. The Hall–Kier alpha value is -2.84. The van der Waals surface area contributed by atoms with E-state index in [0.29, 0.717) is 0 Å². The number of carbonyl (C=O) groups excluding carboxylic acids is 10. The summed E-state index contributed by atoms with van der Waals surface area (Å²) < 4.78 is 0. The Morgan fingerprint density at radius 1 is 0.227 bits per heavy atom. The summed E-state index contributed by atoms with van der Waals surface area (Å²) in [5, 5.41) is 89.3. The monoisotopic (exact) mass is 802 g/mol. The third kappa shape index (κ3) is 194. The summed E-state index contributed by atoms with van der Waals surface area (Å²) in [5.41, 5.74) is 0. The molecule has 0 aliphatic rings. The average Bonchev–Trinajstić information content (AvgIpc) is 2.56. The van der Waals surface area contributed by atoms with Crippen LogP contribution in [0.1, 0.15) is 0 Å². The van der Waals surface area contributed by atoms with Crippen molar-refractivity contribution < 1.29 is 219 Å². The quantitative estimate of drug-likeness (QED) is 0.130. The molecule has 44 heavy (non-hydrogen) atoms. The first-order chi connectivity index (χ1) is 13.2. The zero-order valence-electron chi connectivity index (χ0n) is 21.7. The van der Waals surface area contributed by atoms with Gasteiger partial charge in [0.2, 0.25) is 0 Å². The van der Waals surface area contributed by atoms with Gasteiger partial charge in [-0.2, -0.15) is 0 Å². The molecular weight excluding hydrogens is 784 g/mol. The number of quaternary nitrogens is 4. The average molecular weight is 802 g/mol. The Bertz CT molecular complexity index is 538. The van der Waals surface area contributed by atoms with Crippen LogP contribution in [0.2, 0.25) is 0 Å². The molecule has 18 N–H and O–H groups in total. The molecule has 250 valence electrons. The van der Waals surface area contributed by atoms with Gasteiger partial charge in [0.15, 0.2) is 0 Å². The van der Waals surface area contributed by atoms with Crippen molar-refractivity contribution in [2.45, 2.75) is 0 Å². The van der Waals surface area contributed by atoms with Gasteiger partial charge in [0, 0.05) is 0 Å². The first-order valence-electron chi connectivity index (χ1n) is 5.33. The smallest absolute Gasteiger partial charge is 2.00 e. The number of hydrogen-bond acceptors (Lipinski definition) is 20. The predicted octanol–water partition coefficient (Wildman–Crippen LogP) is -17.5. The van der Waals surface area contributed by atoms with E-state index in [0.717, 1.165) is 0 Å². The summed E-state index contributed by atoms with van der Waals surface area (Å²) in [6.07, 6.45) is 0. The van der Waals surface area contributed by atoms with Gasteiger partial charge in [-0.1, -0.05) is 0 Å². The fourth-order valence-electron chi connectivity index (χ4n) is 0. The molecule has 0 spiro atoms. The minimum Gasteiger partial charge on any atom is -2.00 e. The third-order valence-electron chi connectivity index (χ3n) is 0.833. The molecule has 30 nitrogen and oxygen atoms in total. The van der Waals surface area contributed by atoms with Crippen LogP contribution in [-0.4, -0.2) is 65.2 Å². The normalized spacial score (nSPS) is 5.00. The zero-order chi connectivity index (χ0) is 25.8. The van der Waals surface area contributed by atoms with E-state index in [4.69, 9.17) is 99.0 Å². The molecule has 0 fully saturated rings. The van der Waals surface area contributed by atoms with E-state index in [2.05, 4.69) is 0 Å². The predicted molar refractivity (Wildman–Crippen MR) is 81.1 cm³/mol. The molecule has 0 saturated carbocycles. The largest absolute Gasteiger partial charge is 4.00 e. The molecule has 0 unspecified atom stereocenters.